The van der Waals surface area contributed by atoms with Crippen molar-refractivity contribution in [3.63, 3.8) is 0 Å². The number of hydrogen-bond acceptors (Lipinski definition) is 4. The second-order valence-electron chi connectivity index (χ2n) is 7.58. The molecule has 3 rings (SSSR count). The fourth-order valence-electron chi connectivity index (χ4n) is 4.38. The maximum Gasteiger partial charge on any atom is 0.120 e. The van der Waals surface area contributed by atoms with Gasteiger partial charge < -0.3 is 9.47 Å². The van der Waals surface area contributed by atoms with Gasteiger partial charge in [-0.3, -0.25) is 9.58 Å². The second-order valence-corrected chi connectivity index (χ2v) is 7.58. The fourth-order valence-corrected chi connectivity index (χ4v) is 4.38. The average Bonchev–Trinajstić information content (AvgIpc) is 3.19. The minimum absolute atomic E-state index is 0.440. The van der Waals surface area contributed by atoms with Gasteiger partial charge in [0, 0.05) is 51.2 Å². The lowest BCUT2D eigenvalue weighted by molar-refractivity contribution is 0.0749. The Kier molecular flexibility index (Phi) is 5.80. The fraction of sp³-hybridized carbons (Fsp3) is 0.600. The topological polar surface area (TPSA) is 53.0 Å². The molecule has 1 aliphatic rings. The van der Waals surface area contributed by atoms with Gasteiger partial charge in [-0.05, 0) is 50.5 Å². The molecule has 0 bridgehead atoms. The highest BCUT2D eigenvalue weighted by molar-refractivity contribution is 5.28. The van der Waals surface area contributed by atoms with Gasteiger partial charge in [0.05, 0.1) is 6.20 Å². The number of nitriles is 1. The summed E-state index contributed by atoms with van der Waals surface area (Å²) in [5.74, 6) is 0.594. The molecule has 6 nitrogen and oxygen atoms in total. The predicted molar refractivity (Wildman–Crippen MR) is 102 cm³/mol. The van der Waals surface area contributed by atoms with Crippen LogP contribution in [0.15, 0.2) is 24.7 Å². The Morgan fingerprint density at radius 2 is 2.15 bits per heavy atom. The lowest BCUT2D eigenvalue weighted by Crippen LogP contribution is -2.42. The summed E-state index contributed by atoms with van der Waals surface area (Å²) < 4.78 is 3.81. The van der Waals surface area contributed by atoms with Gasteiger partial charge >= 0.3 is 0 Å². The summed E-state index contributed by atoms with van der Waals surface area (Å²) in [6, 6.07) is 4.68. The van der Waals surface area contributed by atoms with E-state index in [9.17, 15) is 0 Å². The Balaban J connectivity index is 1.71. The van der Waals surface area contributed by atoms with Crippen LogP contribution in [-0.4, -0.2) is 50.8 Å². The van der Waals surface area contributed by atoms with Crippen molar-refractivity contribution in [1.29, 1.82) is 5.26 Å². The summed E-state index contributed by atoms with van der Waals surface area (Å²) in [4.78, 5) is 4.99. The zero-order valence-corrected chi connectivity index (χ0v) is 16.4. The van der Waals surface area contributed by atoms with Crippen LogP contribution in [0.1, 0.15) is 42.6 Å². The maximum atomic E-state index is 9.15. The van der Waals surface area contributed by atoms with E-state index >= 15 is 0 Å². The van der Waals surface area contributed by atoms with Crippen molar-refractivity contribution in [3.8, 4) is 6.07 Å². The van der Waals surface area contributed by atoms with Crippen LogP contribution >= 0.6 is 0 Å². The van der Waals surface area contributed by atoms with Gasteiger partial charge in [0.25, 0.3) is 0 Å². The standard InChI is InChI=1S/C20H30N6/c1-5-26-8-6-7-17(20(26)18-11-22-25(4)15-18)14-23(2)12-16-9-19(10-21)24(3)13-16/h9,11,13,15,17,20H,5-8,12,14H2,1-4H3/t17-,20+/m0/s1. The van der Waals surface area contributed by atoms with Crippen LogP contribution in [0.3, 0.4) is 0 Å². The lowest BCUT2D eigenvalue weighted by atomic mass is 9.85. The van der Waals surface area contributed by atoms with E-state index in [1.54, 1.807) is 0 Å². The molecular weight excluding hydrogens is 324 g/mol. The Hall–Kier alpha value is -2.10. The number of rotatable bonds is 6. The molecule has 26 heavy (non-hydrogen) atoms. The Labute approximate surface area is 156 Å². The Morgan fingerprint density at radius 3 is 2.77 bits per heavy atom. The third kappa shape index (κ3) is 4.00. The molecule has 1 saturated heterocycles. The van der Waals surface area contributed by atoms with E-state index in [4.69, 9.17) is 5.26 Å². The average molecular weight is 355 g/mol. The minimum atomic E-state index is 0.440. The van der Waals surface area contributed by atoms with Crippen LogP contribution in [0.4, 0.5) is 0 Å². The zero-order chi connectivity index (χ0) is 18.7. The molecule has 0 saturated carbocycles. The van der Waals surface area contributed by atoms with Crippen LogP contribution in [0.25, 0.3) is 0 Å². The van der Waals surface area contributed by atoms with E-state index < -0.39 is 0 Å². The molecule has 1 aliphatic heterocycles. The van der Waals surface area contributed by atoms with Gasteiger partial charge in [0.1, 0.15) is 11.8 Å². The minimum Gasteiger partial charge on any atom is -0.342 e. The number of piperidine rings is 1. The first kappa shape index (κ1) is 18.7. The third-order valence-electron chi connectivity index (χ3n) is 5.51. The summed E-state index contributed by atoms with van der Waals surface area (Å²) in [6.45, 7) is 6.41. The normalized spacial score (nSPS) is 21.2. The van der Waals surface area contributed by atoms with Crippen LogP contribution in [-0.2, 0) is 20.6 Å². The molecule has 3 heterocycles. The summed E-state index contributed by atoms with van der Waals surface area (Å²) in [5.41, 5.74) is 3.25. The molecule has 0 aliphatic carbocycles. The Morgan fingerprint density at radius 1 is 1.35 bits per heavy atom. The van der Waals surface area contributed by atoms with E-state index in [1.165, 1.54) is 30.5 Å². The van der Waals surface area contributed by atoms with Gasteiger partial charge in [0.15, 0.2) is 0 Å². The smallest absolute Gasteiger partial charge is 0.120 e. The first-order valence-corrected chi connectivity index (χ1v) is 9.48. The molecule has 0 aromatic carbocycles. The molecular formula is C20H30N6. The van der Waals surface area contributed by atoms with Gasteiger partial charge in [-0.15, -0.1) is 0 Å². The SMILES string of the molecule is CCN1CCC[C@@H](CN(C)Cc2cc(C#N)n(C)c2)[C@@H]1c1cnn(C)c1. The van der Waals surface area contributed by atoms with Gasteiger partial charge in [-0.1, -0.05) is 6.92 Å². The highest BCUT2D eigenvalue weighted by Gasteiger charge is 2.33. The molecule has 2 atom stereocenters. The van der Waals surface area contributed by atoms with Crippen molar-refractivity contribution < 1.29 is 0 Å². The van der Waals surface area contributed by atoms with Crippen molar-refractivity contribution in [3.05, 3.63) is 41.5 Å². The molecule has 140 valence electrons. The summed E-state index contributed by atoms with van der Waals surface area (Å²) >= 11 is 0. The lowest BCUT2D eigenvalue weighted by Gasteiger charge is -2.42. The van der Waals surface area contributed by atoms with Crippen molar-refractivity contribution in [1.82, 2.24) is 24.1 Å². The predicted octanol–water partition coefficient (Wildman–Crippen LogP) is 2.54. The van der Waals surface area contributed by atoms with Crippen LogP contribution < -0.4 is 0 Å². The van der Waals surface area contributed by atoms with Crippen molar-refractivity contribution in [2.45, 2.75) is 32.4 Å². The first-order chi connectivity index (χ1) is 12.5. The molecule has 0 radical (unpaired) electrons. The third-order valence-corrected chi connectivity index (χ3v) is 5.51. The molecule has 6 heteroatoms. The molecule has 2 aromatic heterocycles. The number of aromatic nitrogens is 3. The molecule has 0 N–H and O–H groups in total. The zero-order valence-electron chi connectivity index (χ0n) is 16.4. The largest absolute Gasteiger partial charge is 0.342 e. The highest BCUT2D eigenvalue weighted by atomic mass is 15.3. The van der Waals surface area contributed by atoms with E-state index in [0.29, 0.717) is 12.0 Å². The van der Waals surface area contributed by atoms with E-state index in [1.807, 2.05) is 35.6 Å². The van der Waals surface area contributed by atoms with Crippen molar-refractivity contribution in [2.24, 2.45) is 20.0 Å². The van der Waals surface area contributed by atoms with E-state index in [-0.39, 0.29) is 0 Å². The Bertz CT molecular complexity index is 768. The number of aryl methyl sites for hydroxylation is 2. The number of likely N-dealkylation sites (tertiary alicyclic amines) is 1. The van der Waals surface area contributed by atoms with Gasteiger partial charge in [0.2, 0.25) is 0 Å². The maximum absolute atomic E-state index is 9.15. The van der Waals surface area contributed by atoms with Crippen LogP contribution in [0.2, 0.25) is 0 Å². The molecule has 2 aromatic rings. The van der Waals surface area contributed by atoms with Gasteiger partial charge in [-0.2, -0.15) is 10.4 Å². The van der Waals surface area contributed by atoms with Crippen LogP contribution in [0, 0.1) is 17.2 Å². The van der Waals surface area contributed by atoms with Gasteiger partial charge in [-0.25, -0.2) is 0 Å². The van der Waals surface area contributed by atoms with Crippen LogP contribution in [0.5, 0.6) is 0 Å². The summed E-state index contributed by atoms with van der Waals surface area (Å²) in [7, 11) is 6.11. The molecule has 1 fully saturated rings. The van der Waals surface area contributed by atoms with E-state index in [2.05, 4.69) is 47.3 Å². The molecule has 0 unspecified atom stereocenters. The number of hydrogen-bond donors (Lipinski definition) is 0. The summed E-state index contributed by atoms with van der Waals surface area (Å²) in [5, 5.41) is 13.6. The highest BCUT2D eigenvalue weighted by Crippen LogP contribution is 2.36. The van der Waals surface area contributed by atoms with Crippen molar-refractivity contribution >= 4 is 0 Å². The summed E-state index contributed by atoms with van der Waals surface area (Å²) in [6.07, 6.45) is 8.77. The quantitative estimate of drug-likeness (QED) is 0.800. The van der Waals surface area contributed by atoms with Crippen molar-refractivity contribution in [2.75, 3.05) is 26.7 Å². The van der Waals surface area contributed by atoms with E-state index in [0.717, 1.165) is 25.3 Å². The molecule has 0 spiro atoms. The number of nitrogens with zero attached hydrogens (tertiary/aromatic N) is 6. The second kappa shape index (κ2) is 8.07. The first-order valence-electron chi connectivity index (χ1n) is 9.48. The monoisotopic (exact) mass is 354 g/mol. The molecule has 0 amide bonds.